The maximum absolute atomic E-state index is 12.9. The van der Waals surface area contributed by atoms with Crippen molar-refractivity contribution in [2.75, 3.05) is 81.7 Å². The fourth-order valence-corrected chi connectivity index (χ4v) is 13.4. The van der Waals surface area contributed by atoms with E-state index in [0.29, 0.717) is 44.0 Å². The molecule has 0 saturated carbocycles. The molecule has 0 spiro atoms. The topological polar surface area (TPSA) is 222 Å². The Balaban J connectivity index is 0.000000232. The van der Waals surface area contributed by atoms with Crippen LogP contribution in [0.15, 0.2) is 36.4 Å². The predicted molar refractivity (Wildman–Crippen MR) is 353 cm³/mol. The molecular formula is C72H114N6O12. The first-order valence-corrected chi connectivity index (χ1v) is 31.6. The predicted octanol–water partition coefficient (Wildman–Crippen LogP) is 10.7. The van der Waals surface area contributed by atoms with Crippen LogP contribution in [0.3, 0.4) is 0 Å². The van der Waals surface area contributed by atoms with E-state index < -0.39 is 113 Å². The smallest absolute Gasteiger partial charge is 0.323 e. The summed E-state index contributed by atoms with van der Waals surface area (Å²) in [5.41, 5.74) is 23.4. The molecule has 14 atom stereocenters. The van der Waals surface area contributed by atoms with E-state index in [4.69, 9.17) is 88.6 Å². The van der Waals surface area contributed by atoms with Crippen molar-refractivity contribution in [1.29, 1.82) is 0 Å². The molecular weight excluding hydrogens is 1140 g/mol. The molecule has 0 aromatic heterocycles. The van der Waals surface area contributed by atoms with Gasteiger partial charge in [0.05, 0.1) is 54.8 Å². The van der Waals surface area contributed by atoms with Crippen LogP contribution in [0.4, 0.5) is 0 Å². The SMILES string of the molecule is [2H]C([2H])([2H])Oc1cc2c(cc1OC)C1CC(OC(=O)[C@@H](N)C(C)C)C(CC(C)C)CN1CC2.[2H]C([2H])([2H])Oc1cc2c(cc1OC)[C@H]1C[C@@H](OC(=O)[C@@H](N)C(C)C)[C@H](C([2H])([2H])C([2H])(C)C([2H])([2H])[2H])CN1CC2.[2H]C([2H])([2H])Oc1cc2c(cc1OC)[C@H]1C[C@@H](OC(=O)[C@@H](N)C(C)C)[C@H](C([2H])([2H])C([2H])(C)C([2H])([2H])[2H])CN1CC2. The highest BCUT2D eigenvalue weighted by molar-refractivity contribution is 5.77. The summed E-state index contributed by atoms with van der Waals surface area (Å²) in [4.78, 5) is 45.0. The first-order valence-electron chi connectivity index (χ1n) is 42.1. The standard InChI is InChI=1S/3C24H38N2O4/c3*1-14(2)9-17-13-26-8-7-16-10-21(28-5)22(29-6)11-18(16)19(26)12-20(17)30-24(27)23(25)15(3)4/h3*10-11,14-15,17,19-20,23H,7-9,12-13,25H2,1-6H3/t17?,19?,20?,23-;2*17-,19-,20-,23+/m011/s1/i5D3;2*1D3,5D3,9D2,14D/tm;2*14?,17-,19-,20-,23+. The van der Waals surface area contributed by atoms with Crippen molar-refractivity contribution in [3.05, 3.63) is 69.8 Å². The number of methoxy groups -OCH3 is 6. The van der Waals surface area contributed by atoms with E-state index in [1.807, 2.05) is 29.7 Å². The lowest BCUT2D eigenvalue weighted by Crippen LogP contribution is -2.51. The summed E-state index contributed by atoms with van der Waals surface area (Å²) in [7, 11) is -3.61. The highest BCUT2D eigenvalue weighted by Gasteiger charge is 2.45. The number of carbonyl (C=O) groups is 3. The molecule has 18 nitrogen and oxygen atoms in total. The number of piperidine rings is 3. The summed E-state index contributed by atoms with van der Waals surface area (Å²) in [6, 6.07) is 7.03. The van der Waals surface area contributed by atoms with Crippen LogP contribution in [0.25, 0.3) is 0 Å². The second-order valence-corrected chi connectivity index (χ2v) is 26.3. The van der Waals surface area contributed by atoms with Gasteiger partial charge in [0.1, 0.15) is 36.4 Å². The van der Waals surface area contributed by atoms with Crippen LogP contribution in [0.2, 0.25) is 0 Å². The third-order valence-corrected chi connectivity index (χ3v) is 18.5. The Hall–Kier alpha value is -5.37. The minimum Gasteiger partial charge on any atom is -0.493 e. The van der Waals surface area contributed by atoms with E-state index in [2.05, 4.69) is 18.7 Å². The lowest BCUT2D eigenvalue weighted by molar-refractivity contribution is -0.161. The number of nitrogens with zero attached hydrogens (tertiary/aromatic N) is 3. The molecule has 90 heavy (non-hydrogen) atoms. The number of nitrogens with two attached hydrogens (primary N) is 3. The Morgan fingerprint density at radius 2 is 0.767 bits per heavy atom. The molecule has 9 rings (SSSR count). The summed E-state index contributed by atoms with van der Waals surface area (Å²) in [5, 5.41) is 0. The van der Waals surface area contributed by atoms with Gasteiger partial charge >= 0.3 is 17.9 Å². The zero-order valence-electron chi connectivity index (χ0n) is 75.9. The average molecular weight is 1280 g/mol. The molecule has 3 aromatic carbocycles. The van der Waals surface area contributed by atoms with Crippen LogP contribution in [-0.2, 0) is 47.9 Å². The van der Waals surface area contributed by atoms with Crippen molar-refractivity contribution in [1.82, 2.24) is 14.7 Å². The van der Waals surface area contributed by atoms with Gasteiger partial charge in [0, 0.05) is 111 Å². The van der Waals surface area contributed by atoms with Crippen LogP contribution < -0.4 is 45.6 Å². The van der Waals surface area contributed by atoms with Crippen LogP contribution in [0, 0.1) is 53.2 Å². The molecule has 3 saturated heterocycles. The number of rotatable bonds is 21. The zero-order chi connectivity index (χ0) is 83.9. The van der Waals surface area contributed by atoms with Crippen molar-refractivity contribution < 1.29 is 85.8 Å². The van der Waals surface area contributed by atoms with Gasteiger partial charge in [-0.25, -0.2) is 0 Å². The van der Waals surface area contributed by atoms with Crippen molar-refractivity contribution in [2.45, 2.75) is 195 Å². The number of esters is 3. The van der Waals surface area contributed by atoms with E-state index >= 15 is 0 Å². The van der Waals surface area contributed by atoms with Gasteiger partial charge < -0.3 is 59.8 Å². The third-order valence-electron chi connectivity index (χ3n) is 18.5. The number of hydrogen-bond acceptors (Lipinski definition) is 18. The van der Waals surface area contributed by atoms with Crippen molar-refractivity contribution in [3.63, 3.8) is 0 Å². The molecule has 504 valence electrons. The summed E-state index contributed by atoms with van der Waals surface area (Å²) in [6.07, 6.45) is -3.83. The third kappa shape index (κ3) is 17.5. The molecule has 3 aromatic rings. The molecule has 6 N–H and O–H groups in total. The Bertz CT molecular complexity index is 3540. The molecule has 3 fully saturated rings. The largest absolute Gasteiger partial charge is 0.493 e. The molecule has 0 amide bonds. The lowest BCUT2D eigenvalue weighted by Gasteiger charge is -2.47. The van der Waals surface area contributed by atoms with Crippen LogP contribution in [0.1, 0.15) is 202 Å². The van der Waals surface area contributed by atoms with Gasteiger partial charge in [-0.2, -0.15) is 0 Å². The summed E-state index contributed by atoms with van der Waals surface area (Å²) >= 11 is 0. The normalized spacial score (nSPS) is 30.7. The minimum absolute atomic E-state index is 0.0115. The van der Waals surface area contributed by atoms with Crippen LogP contribution in [0.5, 0.6) is 34.5 Å². The minimum atomic E-state index is -2.93. The second kappa shape index (κ2) is 32.5. The van der Waals surface area contributed by atoms with Crippen molar-refractivity contribution in [3.8, 4) is 34.5 Å². The molecule has 6 aliphatic rings. The zero-order valence-corrected chi connectivity index (χ0v) is 54.9. The summed E-state index contributed by atoms with van der Waals surface area (Å²) < 4.78 is 216. The fraction of sp³-hybridized carbons (Fsp3) is 0.708. The van der Waals surface area contributed by atoms with E-state index in [0.717, 1.165) is 73.2 Å². The van der Waals surface area contributed by atoms with Gasteiger partial charge in [-0.3, -0.25) is 29.1 Å². The second-order valence-electron chi connectivity index (χ2n) is 26.3. The molecule has 6 aliphatic heterocycles. The van der Waals surface area contributed by atoms with Gasteiger partial charge in [-0.15, -0.1) is 0 Å². The molecule has 6 heterocycles. The van der Waals surface area contributed by atoms with Crippen LogP contribution >= 0.6 is 0 Å². The highest BCUT2D eigenvalue weighted by atomic mass is 16.6. The lowest BCUT2D eigenvalue weighted by atomic mass is 9.79. The van der Waals surface area contributed by atoms with Gasteiger partial charge in [0.25, 0.3) is 0 Å². The monoisotopic (exact) mass is 1280 g/mol. The Labute approximate surface area is 569 Å². The Morgan fingerprint density at radius 1 is 0.478 bits per heavy atom. The van der Waals surface area contributed by atoms with E-state index in [-0.39, 0.29) is 109 Å². The Kier molecular flexibility index (Phi) is 17.1. The summed E-state index contributed by atoms with van der Waals surface area (Å²) in [5.74, 6) is -7.56. The van der Waals surface area contributed by atoms with Crippen molar-refractivity contribution in [2.24, 2.45) is 70.4 Å². The molecule has 0 aliphatic carbocycles. The maximum Gasteiger partial charge on any atom is 0.323 e. The number of ether oxygens (including phenoxy) is 9. The average Bonchev–Trinajstić information content (AvgIpc) is 0.828. The number of fused-ring (bicyclic) bond motifs is 9. The van der Waals surface area contributed by atoms with E-state index in [1.165, 1.54) is 21.3 Å². The molecule has 0 bridgehead atoms. The van der Waals surface area contributed by atoms with Gasteiger partial charge in [-0.1, -0.05) is 82.9 Å². The van der Waals surface area contributed by atoms with Gasteiger partial charge in [-0.05, 0) is 144 Å². The molecule has 5 unspecified atom stereocenters. The first-order chi connectivity index (χ1) is 50.8. The fourth-order valence-electron chi connectivity index (χ4n) is 13.4. The number of carbonyl (C=O) groups excluding carboxylic acids is 3. The maximum atomic E-state index is 12.9. The molecule has 0 radical (unpaired) electrons. The summed E-state index contributed by atoms with van der Waals surface area (Å²) in [6.45, 7) is 14.1. The number of benzene rings is 3. The van der Waals surface area contributed by atoms with E-state index in [1.54, 1.807) is 58.0 Å². The number of hydrogen-bond donors (Lipinski definition) is 3. The van der Waals surface area contributed by atoms with Gasteiger partial charge in [0.15, 0.2) is 34.5 Å². The highest BCUT2D eigenvalue weighted by Crippen LogP contribution is 2.48. The van der Waals surface area contributed by atoms with E-state index in [9.17, 15) is 14.4 Å². The van der Waals surface area contributed by atoms with Crippen LogP contribution in [-0.4, -0.2) is 151 Å². The quantitative estimate of drug-likeness (QED) is 0.0666. The Morgan fingerprint density at radius 3 is 1.03 bits per heavy atom. The van der Waals surface area contributed by atoms with Gasteiger partial charge in [0.2, 0.25) is 0 Å². The molecule has 18 heteroatoms. The first kappa shape index (κ1) is 47.5. The van der Waals surface area contributed by atoms with Crippen molar-refractivity contribution >= 4 is 17.9 Å².